The van der Waals surface area contributed by atoms with E-state index in [1.165, 1.54) is 6.42 Å². The van der Waals surface area contributed by atoms with Crippen LogP contribution in [0, 0.1) is 5.92 Å². The van der Waals surface area contributed by atoms with Crippen LogP contribution in [0.25, 0.3) is 0 Å². The van der Waals surface area contributed by atoms with E-state index < -0.39 is 15.6 Å². The van der Waals surface area contributed by atoms with Gasteiger partial charge in [-0.05, 0) is 33.1 Å². The molecule has 4 N–H and O–H groups in total. The lowest BCUT2D eigenvalue weighted by molar-refractivity contribution is 0.463. The molecular formula is C14H32N4O2S. The summed E-state index contributed by atoms with van der Waals surface area (Å²) in [6, 6.07) is 0.262. The van der Waals surface area contributed by atoms with Gasteiger partial charge in [0.2, 0.25) is 10.0 Å². The van der Waals surface area contributed by atoms with Gasteiger partial charge in [-0.1, -0.05) is 26.7 Å². The van der Waals surface area contributed by atoms with E-state index in [2.05, 4.69) is 35.8 Å². The molecule has 0 radical (unpaired) electrons. The van der Waals surface area contributed by atoms with Crippen molar-refractivity contribution in [2.75, 3.05) is 12.8 Å². The molecule has 21 heavy (non-hydrogen) atoms. The number of nitrogens with two attached hydrogens (primary N) is 1. The van der Waals surface area contributed by atoms with Crippen LogP contribution in [-0.2, 0) is 10.0 Å². The molecule has 0 saturated carbocycles. The van der Waals surface area contributed by atoms with Crippen molar-refractivity contribution in [3.63, 3.8) is 0 Å². The maximum absolute atomic E-state index is 11.2. The van der Waals surface area contributed by atoms with E-state index in [1.54, 1.807) is 13.8 Å². The molecule has 7 heteroatoms. The highest BCUT2D eigenvalue weighted by molar-refractivity contribution is 7.88. The third kappa shape index (κ3) is 12.6. The Hall–Kier alpha value is -0.820. The van der Waals surface area contributed by atoms with Crippen molar-refractivity contribution in [2.24, 2.45) is 16.6 Å². The number of aliphatic imine (C=N–C) groups is 1. The van der Waals surface area contributed by atoms with Gasteiger partial charge in [0.25, 0.3) is 0 Å². The van der Waals surface area contributed by atoms with Gasteiger partial charge in [-0.3, -0.25) is 4.99 Å². The molecule has 0 saturated heterocycles. The second-order valence-corrected chi connectivity index (χ2v) is 8.58. The topological polar surface area (TPSA) is 96.6 Å². The zero-order valence-electron chi connectivity index (χ0n) is 14.2. The number of hydrogen-bond donors (Lipinski definition) is 3. The van der Waals surface area contributed by atoms with Crippen LogP contribution in [0.15, 0.2) is 4.99 Å². The molecule has 1 unspecified atom stereocenters. The lowest BCUT2D eigenvalue weighted by atomic mass is 10.0. The van der Waals surface area contributed by atoms with Gasteiger partial charge in [0.1, 0.15) is 0 Å². The van der Waals surface area contributed by atoms with E-state index in [4.69, 9.17) is 5.73 Å². The van der Waals surface area contributed by atoms with Crippen LogP contribution in [0.3, 0.4) is 0 Å². The minimum Gasteiger partial charge on any atom is -0.370 e. The molecule has 1 atom stereocenters. The molecule has 0 aromatic rings. The Balaban J connectivity index is 4.23. The van der Waals surface area contributed by atoms with Gasteiger partial charge < -0.3 is 11.1 Å². The summed E-state index contributed by atoms with van der Waals surface area (Å²) in [5, 5.41) is 3.14. The normalized spacial score (nSPS) is 15.3. The lowest BCUT2D eigenvalue weighted by Crippen LogP contribution is -2.46. The van der Waals surface area contributed by atoms with Crippen LogP contribution in [-0.4, -0.2) is 38.8 Å². The summed E-state index contributed by atoms with van der Waals surface area (Å²) in [6.45, 7) is 10.3. The fraction of sp³-hybridized carbons (Fsp3) is 0.929. The quantitative estimate of drug-likeness (QED) is 0.442. The fourth-order valence-electron chi connectivity index (χ4n) is 2.02. The van der Waals surface area contributed by atoms with Crippen molar-refractivity contribution in [3.8, 4) is 0 Å². The molecule has 0 aliphatic rings. The molecule has 0 aliphatic heterocycles. The van der Waals surface area contributed by atoms with E-state index in [-0.39, 0.29) is 12.6 Å². The number of nitrogens with zero attached hydrogens (tertiary/aromatic N) is 1. The minimum atomic E-state index is -3.25. The number of guanidine groups is 1. The average molecular weight is 321 g/mol. The van der Waals surface area contributed by atoms with Crippen LogP contribution in [0.4, 0.5) is 0 Å². The highest BCUT2D eigenvalue weighted by Crippen LogP contribution is 2.08. The Morgan fingerprint density at radius 1 is 1.24 bits per heavy atom. The second-order valence-electron chi connectivity index (χ2n) is 6.83. The Morgan fingerprint density at radius 2 is 1.81 bits per heavy atom. The van der Waals surface area contributed by atoms with Gasteiger partial charge in [-0.25, -0.2) is 13.1 Å². The molecule has 0 heterocycles. The summed E-state index contributed by atoms with van der Waals surface area (Å²) in [5.74, 6) is 1.07. The van der Waals surface area contributed by atoms with Crippen molar-refractivity contribution in [1.82, 2.24) is 10.0 Å². The molecule has 0 fully saturated rings. The van der Waals surface area contributed by atoms with Gasteiger partial charge in [-0.2, -0.15) is 0 Å². The van der Waals surface area contributed by atoms with Crippen LogP contribution < -0.4 is 15.8 Å². The summed E-state index contributed by atoms with van der Waals surface area (Å²) in [5.41, 5.74) is 5.19. The lowest BCUT2D eigenvalue weighted by Gasteiger charge is -2.23. The average Bonchev–Trinajstić information content (AvgIpc) is 2.22. The van der Waals surface area contributed by atoms with Crippen molar-refractivity contribution < 1.29 is 8.42 Å². The van der Waals surface area contributed by atoms with Crippen molar-refractivity contribution in [2.45, 2.75) is 65.5 Å². The maximum Gasteiger partial charge on any atom is 0.209 e. The molecule has 0 amide bonds. The third-order valence-electron chi connectivity index (χ3n) is 2.92. The number of sulfonamides is 1. The largest absolute Gasteiger partial charge is 0.370 e. The molecule has 0 aromatic heterocycles. The zero-order chi connectivity index (χ0) is 16.7. The van der Waals surface area contributed by atoms with Gasteiger partial charge in [-0.15, -0.1) is 0 Å². The third-order valence-corrected chi connectivity index (χ3v) is 3.84. The van der Waals surface area contributed by atoms with Crippen LogP contribution >= 0.6 is 0 Å². The first kappa shape index (κ1) is 20.2. The predicted molar refractivity (Wildman–Crippen MR) is 89.8 cm³/mol. The Morgan fingerprint density at radius 3 is 2.29 bits per heavy atom. The van der Waals surface area contributed by atoms with Crippen LogP contribution in [0.2, 0.25) is 0 Å². The first-order chi connectivity index (χ1) is 9.41. The Labute approximate surface area is 130 Å². The summed E-state index contributed by atoms with van der Waals surface area (Å²) in [7, 11) is -3.25. The first-order valence-electron chi connectivity index (χ1n) is 7.46. The molecule has 0 rings (SSSR count). The van der Waals surface area contributed by atoms with E-state index in [0.717, 1.165) is 19.1 Å². The van der Waals surface area contributed by atoms with Gasteiger partial charge in [0.05, 0.1) is 12.8 Å². The van der Waals surface area contributed by atoms with Crippen molar-refractivity contribution >= 4 is 16.0 Å². The fourth-order valence-corrected chi connectivity index (χ4v) is 3.09. The van der Waals surface area contributed by atoms with Crippen molar-refractivity contribution in [1.29, 1.82) is 0 Å². The Kier molecular flexibility index (Phi) is 8.25. The van der Waals surface area contributed by atoms with Crippen LogP contribution in [0.5, 0.6) is 0 Å². The zero-order valence-corrected chi connectivity index (χ0v) is 15.0. The molecule has 0 bridgehead atoms. The molecule has 0 aliphatic carbocycles. The standard InChI is InChI=1S/C14H32N4O2S/c1-11(2)8-7-9-12(3)17-13(15)16-10-14(4,5)18-21(6,19)20/h11-12,18H,7-10H2,1-6H3,(H3,15,16,17). The summed E-state index contributed by atoms with van der Waals surface area (Å²) in [4.78, 5) is 4.22. The summed E-state index contributed by atoms with van der Waals surface area (Å²) >= 11 is 0. The number of hydrogen-bond acceptors (Lipinski definition) is 3. The Bertz CT molecular complexity index is 430. The van der Waals surface area contributed by atoms with E-state index in [1.807, 2.05) is 0 Å². The monoisotopic (exact) mass is 320 g/mol. The summed E-state index contributed by atoms with van der Waals surface area (Å²) in [6.07, 6.45) is 4.53. The second kappa shape index (κ2) is 8.58. The van der Waals surface area contributed by atoms with E-state index in [0.29, 0.717) is 11.9 Å². The minimum absolute atomic E-state index is 0.262. The van der Waals surface area contributed by atoms with E-state index >= 15 is 0 Å². The highest BCUT2D eigenvalue weighted by atomic mass is 32.2. The predicted octanol–water partition coefficient (Wildman–Crippen LogP) is 1.43. The highest BCUT2D eigenvalue weighted by Gasteiger charge is 2.21. The van der Waals surface area contributed by atoms with Crippen molar-refractivity contribution in [3.05, 3.63) is 0 Å². The van der Waals surface area contributed by atoms with E-state index in [9.17, 15) is 8.42 Å². The number of rotatable bonds is 9. The van der Waals surface area contributed by atoms with Gasteiger partial charge >= 0.3 is 0 Å². The molecule has 0 aromatic carbocycles. The maximum atomic E-state index is 11.2. The molecular weight excluding hydrogens is 288 g/mol. The molecule has 126 valence electrons. The number of nitrogens with one attached hydrogen (secondary N) is 2. The van der Waals surface area contributed by atoms with Crippen LogP contribution in [0.1, 0.15) is 53.9 Å². The first-order valence-corrected chi connectivity index (χ1v) is 9.36. The molecule has 0 spiro atoms. The SMILES string of the molecule is CC(C)CCCC(C)NC(N)=NCC(C)(C)NS(C)(=O)=O. The smallest absolute Gasteiger partial charge is 0.209 e. The van der Waals surface area contributed by atoms with Gasteiger partial charge in [0.15, 0.2) is 5.96 Å². The van der Waals surface area contributed by atoms with Gasteiger partial charge in [0, 0.05) is 11.6 Å². The summed E-state index contributed by atoms with van der Waals surface area (Å²) < 4.78 is 25.0. The molecule has 6 nitrogen and oxygen atoms in total.